The van der Waals surface area contributed by atoms with E-state index in [0.717, 1.165) is 17.7 Å². The topological polar surface area (TPSA) is 136 Å². The van der Waals surface area contributed by atoms with E-state index in [9.17, 15) is 22.8 Å². The molecule has 3 aromatic rings. The van der Waals surface area contributed by atoms with Crippen molar-refractivity contribution in [1.29, 1.82) is 0 Å². The van der Waals surface area contributed by atoms with Crippen LogP contribution in [0.25, 0.3) is 11.1 Å². The summed E-state index contributed by atoms with van der Waals surface area (Å²) in [5.74, 6) is -3.31. The lowest BCUT2D eigenvalue weighted by atomic mass is 9.83. The summed E-state index contributed by atoms with van der Waals surface area (Å²) >= 11 is 0. The minimum absolute atomic E-state index is 0.0140. The molecule has 2 aliphatic carbocycles. The second-order valence-corrected chi connectivity index (χ2v) is 11.1. The zero-order chi connectivity index (χ0) is 28.7. The molecular formula is C27H31F3N6O5. The van der Waals surface area contributed by atoms with E-state index in [0.29, 0.717) is 48.0 Å². The molecule has 2 N–H and O–H groups in total. The highest BCUT2D eigenvalue weighted by molar-refractivity contribution is 5.93. The number of fused-ring (bicyclic) bond motifs is 1. The van der Waals surface area contributed by atoms with Crippen LogP contribution in [0.1, 0.15) is 84.2 Å². The minimum Gasteiger partial charge on any atom is -0.438 e. The number of hydrogen-bond acceptors (Lipinski definition) is 8. The maximum absolute atomic E-state index is 14.2. The quantitative estimate of drug-likeness (QED) is 0.382. The molecule has 0 bridgehead atoms. The average molecular weight is 577 g/mol. The molecule has 2 unspecified atom stereocenters. The fraction of sp³-hybridized carbons (Fsp3) is 0.593. The van der Waals surface area contributed by atoms with E-state index < -0.39 is 49.2 Å². The standard InChI is InChI=1S/C27H31F3N6O5/c1-39-11-19(36-13-27(29,30)12-31-26(36)38)16-6-9-20-18(10-16)32-25(40-20)22(15-4-7-17(28)8-5-15)33-24(37)23-21(14-2-3-14)34-41-35-23/h6,9-10,14-15,17,19,22H,2-5,7-8,11-13H2,1H3,(H,31,38)(H,33,37). The van der Waals surface area contributed by atoms with Gasteiger partial charge in [-0.1, -0.05) is 11.2 Å². The van der Waals surface area contributed by atoms with Crippen LogP contribution < -0.4 is 10.6 Å². The third-order valence-corrected chi connectivity index (χ3v) is 8.09. The number of amides is 3. The molecule has 1 aromatic carbocycles. The number of ether oxygens (including phenoxy) is 1. The van der Waals surface area contributed by atoms with Crippen LogP contribution >= 0.6 is 0 Å². The zero-order valence-electron chi connectivity index (χ0n) is 22.4. The van der Waals surface area contributed by atoms with Gasteiger partial charge in [-0.2, -0.15) is 0 Å². The number of aromatic nitrogens is 3. The first-order chi connectivity index (χ1) is 19.7. The Labute approximate surface area is 233 Å². The Morgan fingerprint density at radius 2 is 2.00 bits per heavy atom. The Morgan fingerprint density at radius 3 is 2.73 bits per heavy atom. The Hall–Kier alpha value is -3.68. The minimum atomic E-state index is -3.09. The van der Waals surface area contributed by atoms with E-state index in [2.05, 4.69) is 25.9 Å². The highest BCUT2D eigenvalue weighted by Gasteiger charge is 2.42. The van der Waals surface area contributed by atoms with Crippen LogP contribution in [0.4, 0.5) is 18.0 Å². The van der Waals surface area contributed by atoms with Gasteiger partial charge >= 0.3 is 6.03 Å². The Balaban J connectivity index is 1.30. The van der Waals surface area contributed by atoms with E-state index in [1.165, 1.54) is 7.11 Å². The van der Waals surface area contributed by atoms with Crippen molar-refractivity contribution in [3.63, 3.8) is 0 Å². The third-order valence-electron chi connectivity index (χ3n) is 8.09. The summed E-state index contributed by atoms with van der Waals surface area (Å²) in [5.41, 5.74) is 2.01. The third kappa shape index (κ3) is 5.74. The van der Waals surface area contributed by atoms with E-state index in [4.69, 9.17) is 13.8 Å². The molecule has 2 saturated carbocycles. The largest absolute Gasteiger partial charge is 0.438 e. The number of halogens is 3. The van der Waals surface area contributed by atoms with Gasteiger partial charge in [0.25, 0.3) is 11.8 Å². The van der Waals surface area contributed by atoms with Crippen molar-refractivity contribution in [2.24, 2.45) is 5.92 Å². The first-order valence-electron chi connectivity index (χ1n) is 13.8. The molecular weight excluding hydrogens is 545 g/mol. The fourth-order valence-electron chi connectivity index (χ4n) is 5.74. The number of benzene rings is 1. The molecule has 3 heterocycles. The van der Waals surface area contributed by atoms with E-state index in [-0.39, 0.29) is 30.0 Å². The number of rotatable bonds is 9. The molecule has 41 heavy (non-hydrogen) atoms. The molecule has 1 aliphatic heterocycles. The van der Waals surface area contributed by atoms with Gasteiger partial charge in [0.05, 0.1) is 25.7 Å². The molecule has 2 aromatic heterocycles. The van der Waals surface area contributed by atoms with Gasteiger partial charge in [-0.15, -0.1) is 0 Å². The molecule has 2 atom stereocenters. The van der Waals surface area contributed by atoms with Crippen molar-refractivity contribution >= 4 is 23.0 Å². The highest BCUT2D eigenvalue weighted by atomic mass is 19.3. The van der Waals surface area contributed by atoms with Crippen molar-refractivity contribution in [3.8, 4) is 0 Å². The lowest BCUT2D eigenvalue weighted by Gasteiger charge is -2.38. The van der Waals surface area contributed by atoms with Gasteiger partial charge in [-0.25, -0.2) is 27.6 Å². The van der Waals surface area contributed by atoms with Gasteiger partial charge in [0.2, 0.25) is 5.89 Å². The first-order valence-corrected chi connectivity index (χ1v) is 13.8. The van der Waals surface area contributed by atoms with Gasteiger partial charge in [0, 0.05) is 13.0 Å². The first kappa shape index (κ1) is 27.5. The summed E-state index contributed by atoms with van der Waals surface area (Å²) in [4.78, 5) is 31.5. The van der Waals surface area contributed by atoms with E-state index in [1.807, 2.05) is 0 Å². The van der Waals surface area contributed by atoms with Gasteiger partial charge in [0.15, 0.2) is 11.3 Å². The smallest absolute Gasteiger partial charge is 0.318 e. The summed E-state index contributed by atoms with van der Waals surface area (Å²) in [5, 5.41) is 12.9. The number of carbonyl (C=O) groups is 2. The highest BCUT2D eigenvalue weighted by Crippen LogP contribution is 2.41. The number of hydrogen-bond donors (Lipinski definition) is 2. The van der Waals surface area contributed by atoms with Gasteiger partial charge in [0.1, 0.15) is 23.4 Å². The number of nitrogens with zero attached hydrogens (tertiary/aromatic N) is 4. The molecule has 3 fully saturated rings. The number of carbonyl (C=O) groups excluding carboxylic acids is 2. The summed E-state index contributed by atoms with van der Waals surface area (Å²) in [7, 11) is 1.43. The molecule has 1 saturated heterocycles. The molecule has 3 amide bonds. The van der Waals surface area contributed by atoms with Crippen LogP contribution in [-0.2, 0) is 4.74 Å². The number of nitrogens with one attached hydrogen (secondary N) is 2. The SMILES string of the molecule is COCC(c1ccc2oc(C(NC(=O)c3nonc3C3CC3)C3CCC(F)CC3)nc2c1)N1CC(F)(F)CNC1=O. The van der Waals surface area contributed by atoms with Crippen molar-refractivity contribution < 1.29 is 36.5 Å². The zero-order valence-corrected chi connectivity index (χ0v) is 22.4. The van der Waals surface area contributed by atoms with Crippen molar-refractivity contribution in [3.05, 3.63) is 41.0 Å². The Kier molecular flexibility index (Phi) is 7.34. The summed E-state index contributed by atoms with van der Waals surface area (Å²) < 4.78 is 58.5. The number of oxazole rings is 1. The number of methoxy groups -OCH3 is 1. The summed E-state index contributed by atoms with van der Waals surface area (Å²) in [6, 6.07) is 2.90. The van der Waals surface area contributed by atoms with Crippen LogP contribution in [-0.4, -0.2) is 71.0 Å². The van der Waals surface area contributed by atoms with Crippen LogP contribution in [0.5, 0.6) is 0 Å². The summed E-state index contributed by atoms with van der Waals surface area (Å²) in [6.07, 6.45) is 2.70. The maximum atomic E-state index is 14.2. The second kappa shape index (κ2) is 11.0. The fourth-order valence-corrected chi connectivity index (χ4v) is 5.74. The van der Waals surface area contributed by atoms with Crippen molar-refractivity contribution in [1.82, 2.24) is 30.8 Å². The van der Waals surface area contributed by atoms with Gasteiger partial charge in [-0.3, -0.25) is 4.79 Å². The number of alkyl halides is 3. The van der Waals surface area contributed by atoms with Crippen LogP contribution in [0, 0.1) is 5.92 Å². The maximum Gasteiger partial charge on any atom is 0.318 e. The molecule has 6 rings (SSSR count). The van der Waals surface area contributed by atoms with E-state index >= 15 is 0 Å². The van der Waals surface area contributed by atoms with E-state index in [1.54, 1.807) is 18.2 Å². The van der Waals surface area contributed by atoms with Crippen LogP contribution in [0.3, 0.4) is 0 Å². The van der Waals surface area contributed by atoms with Crippen LogP contribution in [0.15, 0.2) is 27.2 Å². The molecule has 220 valence electrons. The average Bonchev–Trinajstić information content (AvgIpc) is 3.51. The predicted octanol–water partition coefficient (Wildman–Crippen LogP) is 4.44. The van der Waals surface area contributed by atoms with Crippen molar-refractivity contribution in [2.75, 3.05) is 26.8 Å². The predicted molar refractivity (Wildman–Crippen MR) is 137 cm³/mol. The molecule has 3 aliphatic rings. The Morgan fingerprint density at radius 1 is 1.22 bits per heavy atom. The van der Waals surface area contributed by atoms with Gasteiger partial charge < -0.3 is 24.7 Å². The monoisotopic (exact) mass is 576 g/mol. The van der Waals surface area contributed by atoms with Crippen LogP contribution in [0.2, 0.25) is 0 Å². The normalized spacial score (nSPS) is 24.2. The summed E-state index contributed by atoms with van der Waals surface area (Å²) in [6.45, 7) is -1.49. The molecule has 0 spiro atoms. The Bertz CT molecular complexity index is 1420. The lowest BCUT2D eigenvalue weighted by Crippen LogP contribution is -2.58. The van der Waals surface area contributed by atoms with Gasteiger partial charge in [-0.05, 0) is 67.3 Å². The molecule has 14 heteroatoms. The van der Waals surface area contributed by atoms with Crippen molar-refractivity contribution in [2.45, 2.75) is 68.6 Å². The lowest BCUT2D eigenvalue weighted by molar-refractivity contribution is -0.0509. The molecule has 11 nitrogen and oxygen atoms in total. The second-order valence-electron chi connectivity index (χ2n) is 11.1. The molecule has 0 radical (unpaired) electrons. The number of urea groups is 1.